The number of rotatable bonds is 12. The Labute approximate surface area is 479 Å². The molecule has 86 heavy (non-hydrogen) atoms. The summed E-state index contributed by atoms with van der Waals surface area (Å²) in [5.74, 6) is -29.9. The molecule has 0 saturated carbocycles. The number of phenolic OH excluding ortho intramolecular Hbond substituents is 7. The van der Waals surface area contributed by atoms with E-state index >= 15 is 0 Å². The molecule has 0 bridgehead atoms. The molecule has 3 atom stereocenters. The maximum Gasteiger partial charge on any atom is 0.290 e. The van der Waals surface area contributed by atoms with Gasteiger partial charge in [-0.25, -0.2) is 9.36 Å². The highest BCUT2D eigenvalue weighted by molar-refractivity contribution is 6.12. The number of amides is 6. The summed E-state index contributed by atoms with van der Waals surface area (Å²) in [6, 6.07) is 9.40. The van der Waals surface area contributed by atoms with E-state index in [-0.39, 0.29) is 35.6 Å². The highest BCUT2D eigenvalue weighted by Crippen LogP contribution is 2.55. The van der Waals surface area contributed by atoms with E-state index in [4.69, 9.17) is 49.6 Å². The summed E-state index contributed by atoms with van der Waals surface area (Å²) in [6.07, 6.45) is -1.62. The molecule has 2 saturated heterocycles. The second kappa shape index (κ2) is 19.7. The number of hydrogen-bond donors (Lipinski definition) is 20. The molecular formula is C50H53N15O21. The van der Waals surface area contributed by atoms with Gasteiger partial charge in [-0.05, 0) is 55.0 Å². The number of methoxy groups -OCH3 is 1. The molecule has 36 heteroatoms. The highest BCUT2D eigenvalue weighted by Gasteiger charge is 2.53. The maximum atomic E-state index is 14.6. The van der Waals surface area contributed by atoms with Gasteiger partial charge in [-0.15, -0.1) is 0 Å². The van der Waals surface area contributed by atoms with Crippen LogP contribution in [0.5, 0.6) is 51.7 Å². The lowest BCUT2D eigenvalue weighted by atomic mass is 9.91. The molecule has 27 N–H and O–H groups in total. The number of carbonyl (C=O) groups is 6. The molecule has 2 fully saturated rings. The molecule has 0 aliphatic carbocycles. The van der Waals surface area contributed by atoms with E-state index in [0.717, 1.165) is 41.2 Å². The van der Waals surface area contributed by atoms with Crippen LogP contribution in [0.4, 0.5) is 28.4 Å². The van der Waals surface area contributed by atoms with E-state index in [0.29, 0.717) is 19.2 Å². The fourth-order valence-electron chi connectivity index (χ4n) is 10.9. The van der Waals surface area contributed by atoms with Crippen molar-refractivity contribution in [3.8, 4) is 63.1 Å². The largest absolute Gasteiger partial charge is 0.504 e. The van der Waals surface area contributed by atoms with Crippen LogP contribution in [0.25, 0.3) is 11.4 Å². The normalized spacial score (nSPS) is 21.5. The number of ether oxygens (including phenoxy) is 2. The number of primary amides is 2. The zero-order valence-electron chi connectivity index (χ0n) is 44.3. The van der Waals surface area contributed by atoms with Crippen molar-refractivity contribution in [2.45, 2.75) is 54.6 Å². The Bertz CT molecular complexity index is 3880. The van der Waals surface area contributed by atoms with E-state index in [1.807, 2.05) is 0 Å². The number of nitrogen functional groups attached to an aromatic ring is 1. The van der Waals surface area contributed by atoms with Crippen molar-refractivity contribution in [1.82, 2.24) is 19.6 Å². The van der Waals surface area contributed by atoms with Crippen molar-refractivity contribution in [1.29, 1.82) is 0 Å². The molecule has 4 aliphatic rings. The number of aliphatic hydroxyl groups is 6. The summed E-state index contributed by atoms with van der Waals surface area (Å²) in [5, 5.41) is 151. The van der Waals surface area contributed by atoms with Crippen molar-refractivity contribution in [3.63, 3.8) is 0 Å². The molecule has 4 aliphatic heterocycles. The minimum Gasteiger partial charge on any atom is -0.504 e. The Hall–Kier alpha value is -10.3. The second-order valence-electron chi connectivity index (χ2n) is 20.7. The minimum absolute atomic E-state index is 0.0348. The number of hydrogen-bond acceptors (Lipinski definition) is 28. The van der Waals surface area contributed by atoms with Crippen LogP contribution in [0, 0.1) is 5.92 Å². The Morgan fingerprint density at radius 3 is 1.53 bits per heavy atom. The second-order valence-corrected chi connectivity index (χ2v) is 20.7. The average molecular weight is 1200 g/mol. The summed E-state index contributed by atoms with van der Waals surface area (Å²) in [4.78, 5) is 83.9. The number of anilines is 5. The summed E-state index contributed by atoms with van der Waals surface area (Å²) in [5.41, 5.74) is 32.5. The third-order valence-electron chi connectivity index (χ3n) is 15.1. The van der Waals surface area contributed by atoms with E-state index in [1.165, 1.54) is 24.3 Å². The third-order valence-corrected chi connectivity index (χ3v) is 15.1. The van der Waals surface area contributed by atoms with Crippen molar-refractivity contribution < 1.29 is 105 Å². The van der Waals surface area contributed by atoms with Gasteiger partial charge in [0, 0.05) is 42.0 Å². The van der Waals surface area contributed by atoms with Gasteiger partial charge in [0.15, 0.2) is 57.4 Å². The molecule has 3 unspecified atom stereocenters. The smallest absolute Gasteiger partial charge is 0.290 e. The first-order valence-electron chi connectivity index (χ1n) is 25.1. The fourth-order valence-corrected chi connectivity index (χ4v) is 10.9. The first-order valence-corrected chi connectivity index (χ1v) is 25.1. The standard InChI is InChI=1S/C50H53N15O21/c1-85-40-37(72)34(69)31(35(70)38(40)73)65-29-24(27(59-65)42(53)75)48(81,82)16-61(44(29)77)19-3-7-20(8-4-19)62-22(66)11-2-17(50(62,57)84)14-86-39-25(51)32(67)30(33(68)36(39)71)64-28-23(26(58-64)41(52)74)46(54,55)15-60(43(28)76)18-5-9-21(10-6-18)63-45(78)47(79,80)12-13-49(63,56)83/h3-10,17,67-73,79-84H,2,11-16,51,54-57H2,1H3,(H2,52,74)(H2,53,75). The summed E-state index contributed by atoms with van der Waals surface area (Å²) < 4.78 is 11.4. The number of nitrogens with zero attached hydrogens (tertiary/aromatic N) is 8. The van der Waals surface area contributed by atoms with E-state index in [1.54, 1.807) is 0 Å². The van der Waals surface area contributed by atoms with E-state index < -0.39 is 206 Å². The topological polar surface area (TPSA) is 615 Å². The summed E-state index contributed by atoms with van der Waals surface area (Å²) in [7, 11) is 0.960. The number of nitrogens with two attached hydrogens (primary N) is 7. The SMILES string of the molecule is COc1c(O)c(O)c(-n2nc(C(N)=O)c3c2C(=O)N(c2ccc(N4C(=O)CCC(COc5c(N)c(O)c(-n6nc(C(N)=O)c7c6C(=O)N(c6ccc(N8C(=O)C(O)(O)CCC8(N)O)cc6)CC7(N)N)c(O)c5O)C4(N)O)cc2)CC3(O)O)c(O)c1O. The molecule has 0 radical (unpaired) electrons. The molecule has 36 nitrogen and oxygen atoms in total. The van der Waals surface area contributed by atoms with Crippen LogP contribution in [0.3, 0.4) is 0 Å². The van der Waals surface area contributed by atoms with Gasteiger partial charge in [-0.3, -0.25) is 50.0 Å². The molecule has 0 spiro atoms. The molecule has 10 rings (SSSR count). The molecular weight excluding hydrogens is 1150 g/mol. The predicted molar refractivity (Wildman–Crippen MR) is 287 cm³/mol. The molecule has 454 valence electrons. The molecule has 6 amide bonds. The Balaban J connectivity index is 0.924. The van der Waals surface area contributed by atoms with Crippen molar-refractivity contribution in [2.24, 2.45) is 40.3 Å². The first-order chi connectivity index (χ1) is 40.0. The number of fused-ring (bicyclic) bond motifs is 2. The highest BCUT2D eigenvalue weighted by atomic mass is 16.5. The average Bonchev–Trinajstić information content (AvgIpc) is 1.53. The van der Waals surface area contributed by atoms with E-state index in [9.17, 15) is 95.2 Å². The predicted octanol–water partition coefficient (Wildman–Crippen LogP) is -4.85. The van der Waals surface area contributed by atoms with Gasteiger partial charge in [-0.2, -0.15) is 10.2 Å². The fraction of sp³-hybridized carbons (Fsp3) is 0.280. The summed E-state index contributed by atoms with van der Waals surface area (Å²) in [6.45, 7) is -2.42. The summed E-state index contributed by atoms with van der Waals surface area (Å²) >= 11 is 0. The van der Waals surface area contributed by atoms with Gasteiger partial charge in [0.05, 0.1) is 43.9 Å². The van der Waals surface area contributed by atoms with Crippen molar-refractivity contribution in [2.75, 3.05) is 52.1 Å². The number of benzene rings is 4. The van der Waals surface area contributed by atoms with Gasteiger partial charge in [0.1, 0.15) is 22.7 Å². The number of carbonyl (C=O) groups excluding carboxylic acids is 6. The van der Waals surface area contributed by atoms with Crippen LogP contribution in [0.1, 0.15) is 78.8 Å². The Kier molecular flexibility index (Phi) is 13.5. The zero-order chi connectivity index (χ0) is 63.1. The lowest BCUT2D eigenvalue weighted by Gasteiger charge is -2.45. The maximum absolute atomic E-state index is 14.6. The number of β-amino-alcohol motifs (C(OH)–C–C–N with tert-alkyl or cyclic N) is 2. The van der Waals surface area contributed by atoms with Crippen LogP contribution in [0.15, 0.2) is 48.5 Å². The minimum atomic E-state index is -3.18. The molecule has 4 aromatic carbocycles. The van der Waals surface area contributed by atoms with Gasteiger partial charge in [-0.1, -0.05) is 0 Å². The lowest BCUT2D eigenvalue weighted by molar-refractivity contribution is -0.202. The molecule has 6 aromatic rings. The van der Waals surface area contributed by atoms with Gasteiger partial charge in [0.2, 0.25) is 46.3 Å². The van der Waals surface area contributed by atoms with Crippen LogP contribution in [0.2, 0.25) is 0 Å². The Morgan fingerprint density at radius 1 is 0.593 bits per heavy atom. The van der Waals surface area contributed by atoms with E-state index in [2.05, 4.69) is 10.2 Å². The molecule has 2 aromatic heterocycles. The number of phenols is 7. The number of piperidine rings is 2. The number of aromatic hydroxyl groups is 7. The van der Waals surface area contributed by atoms with Crippen LogP contribution >= 0.6 is 0 Å². The van der Waals surface area contributed by atoms with Crippen molar-refractivity contribution >= 4 is 63.9 Å². The third kappa shape index (κ3) is 8.78. The van der Waals surface area contributed by atoms with Crippen molar-refractivity contribution in [3.05, 3.63) is 82.4 Å². The van der Waals surface area contributed by atoms with Crippen LogP contribution in [-0.2, 0) is 21.0 Å². The van der Waals surface area contributed by atoms with Crippen LogP contribution in [-0.4, -0.2) is 166 Å². The first kappa shape index (κ1) is 58.9. The molecule has 6 heterocycles. The monoisotopic (exact) mass is 1200 g/mol. The van der Waals surface area contributed by atoms with Gasteiger partial charge >= 0.3 is 0 Å². The van der Waals surface area contributed by atoms with Crippen LogP contribution < -0.4 is 69.2 Å². The zero-order valence-corrected chi connectivity index (χ0v) is 44.3. The quantitative estimate of drug-likeness (QED) is 0.0236. The number of aromatic nitrogens is 4. The van der Waals surface area contributed by atoms with Gasteiger partial charge in [0.25, 0.3) is 29.5 Å². The van der Waals surface area contributed by atoms with Gasteiger partial charge < -0.3 is 114 Å². The Morgan fingerprint density at radius 2 is 1.03 bits per heavy atom. The lowest BCUT2D eigenvalue weighted by Crippen LogP contribution is -2.68.